The van der Waals surface area contributed by atoms with E-state index in [0.29, 0.717) is 0 Å². The Labute approximate surface area is 155 Å². The van der Waals surface area contributed by atoms with Gasteiger partial charge in [-0.25, -0.2) is 0 Å². The molecular formula is C18H19ClO7. The largest absolute Gasteiger partial charge is 0.465 e. The number of hydrogen-bond donors (Lipinski definition) is 0. The Balaban J connectivity index is 2.39. The van der Waals surface area contributed by atoms with Gasteiger partial charge in [0, 0.05) is 5.56 Å². The highest BCUT2D eigenvalue weighted by molar-refractivity contribution is 6.34. The van der Waals surface area contributed by atoms with Crippen molar-refractivity contribution in [2.24, 2.45) is 17.8 Å². The summed E-state index contributed by atoms with van der Waals surface area (Å²) < 4.78 is 14.8. The fraction of sp³-hybridized carbons (Fsp3) is 0.444. The van der Waals surface area contributed by atoms with E-state index in [2.05, 4.69) is 0 Å². The van der Waals surface area contributed by atoms with Crippen LogP contribution in [0.5, 0.6) is 0 Å². The number of ketones is 1. The van der Waals surface area contributed by atoms with Crippen LogP contribution in [0.25, 0.3) is 0 Å². The number of benzene rings is 1. The average molecular weight is 383 g/mol. The van der Waals surface area contributed by atoms with Crippen molar-refractivity contribution in [3.05, 3.63) is 34.9 Å². The highest BCUT2D eigenvalue weighted by Crippen LogP contribution is 2.34. The van der Waals surface area contributed by atoms with E-state index in [-0.39, 0.29) is 30.4 Å². The van der Waals surface area contributed by atoms with E-state index in [1.54, 1.807) is 26.0 Å². The normalized spacial score (nSPS) is 19.2. The second kappa shape index (κ2) is 8.80. The van der Waals surface area contributed by atoms with Crippen LogP contribution in [-0.2, 0) is 28.6 Å². The van der Waals surface area contributed by atoms with E-state index in [1.165, 1.54) is 12.1 Å². The first-order chi connectivity index (χ1) is 12.4. The van der Waals surface area contributed by atoms with Crippen LogP contribution in [0.15, 0.2) is 24.3 Å². The van der Waals surface area contributed by atoms with Crippen molar-refractivity contribution in [3.8, 4) is 0 Å². The van der Waals surface area contributed by atoms with E-state index in [9.17, 15) is 19.2 Å². The Morgan fingerprint density at radius 2 is 1.73 bits per heavy atom. The molecule has 1 aromatic carbocycles. The highest BCUT2D eigenvalue weighted by Gasteiger charge is 2.53. The van der Waals surface area contributed by atoms with Gasteiger partial charge in [-0.3, -0.25) is 19.2 Å². The van der Waals surface area contributed by atoms with Gasteiger partial charge in [0.05, 0.1) is 30.1 Å². The van der Waals surface area contributed by atoms with Gasteiger partial charge in [-0.05, 0) is 26.0 Å². The molecule has 1 aliphatic heterocycles. The van der Waals surface area contributed by atoms with Crippen LogP contribution in [-0.4, -0.2) is 43.5 Å². The molecule has 0 aliphatic carbocycles. The summed E-state index contributed by atoms with van der Waals surface area (Å²) in [5, 5.41) is 0.208. The second-order valence-electron chi connectivity index (χ2n) is 5.59. The predicted octanol–water partition coefficient (Wildman–Crippen LogP) is 2.05. The van der Waals surface area contributed by atoms with Crippen molar-refractivity contribution in [1.82, 2.24) is 0 Å². The van der Waals surface area contributed by atoms with Crippen LogP contribution in [0.1, 0.15) is 24.2 Å². The SMILES string of the molecule is CCOC(=O)C(C(=O)OCC)[C@@H]1C(=O)OC[C@@H]1C(=O)c1ccccc1Cl. The maximum atomic E-state index is 12.9. The number of esters is 3. The Morgan fingerprint density at radius 3 is 2.27 bits per heavy atom. The van der Waals surface area contributed by atoms with E-state index in [1.807, 2.05) is 0 Å². The van der Waals surface area contributed by atoms with Gasteiger partial charge in [-0.2, -0.15) is 0 Å². The van der Waals surface area contributed by atoms with Crippen LogP contribution in [0.3, 0.4) is 0 Å². The molecule has 1 aliphatic rings. The fourth-order valence-corrected chi connectivity index (χ4v) is 3.09. The third-order valence-corrected chi connectivity index (χ3v) is 4.36. The molecule has 0 spiro atoms. The molecule has 1 heterocycles. The van der Waals surface area contributed by atoms with Crippen LogP contribution < -0.4 is 0 Å². The smallest absolute Gasteiger partial charge is 0.321 e. The van der Waals surface area contributed by atoms with Crippen molar-refractivity contribution >= 4 is 35.3 Å². The lowest BCUT2D eigenvalue weighted by atomic mass is 9.79. The van der Waals surface area contributed by atoms with Gasteiger partial charge in [0.1, 0.15) is 6.61 Å². The van der Waals surface area contributed by atoms with Crippen LogP contribution >= 0.6 is 11.6 Å². The second-order valence-corrected chi connectivity index (χ2v) is 6.00. The molecule has 1 aromatic rings. The summed E-state index contributed by atoms with van der Waals surface area (Å²) in [6.07, 6.45) is 0. The van der Waals surface area contributed by atoms with E-state index in [4.69, 9.17) is 25.8 Å². The van der Waals surface area contributed by atoms with Gasteiger partial charge in [-0.15, -0.1) is 0 Å². The van der Waals surface area contributed by atoms with Gasteiger partial charge >= 0.3 is 17.9 Å². The average Bonchev–Trinajstić information content (AvgIpc) is 2.97. The van der Waals surface area contributed by atoms with E-state index >= 15 is 0 Å². The maximum absolute atomic E-state index is 12.9. The molecule has 0 radical (unpaired) electrons. The summed E-state index contributed by atoms with van der Waals surface area (Å²) in [7, 11) is 0. The number of rotatable bonds is 7. The zero-order valence-corrected chi connectivity index (χ0v) is 15.2. The number of cyclic esters (lactones) is 1. The lowest BCUT2D eigenvalue weighted by molar-refractivity contribution is -0.168. The molecule has 2 rings (SSSR count). The molecular weight excluding hydrogens is 364 g/mol. The number of Topliss-reactive ketones (excluding diaryl/α,β-unsaturated/α-hetero) is 1. The quantitative estimate of drug-likeness (QED) is 0.308. The summed E-state index contributed by atoms with van der Waals surface area (Å²) in [6, 6.07) is 6.33. The van der Waals surface area contributed by atoms with Gasteiger partial charge in [0.15, 0.2) is 11.7 Å². The molecule has 0 N–H and O–H groups in total. The third kappa shape index (κ3) is 4.04. The van der Waals surface area contributed by atoms with E-state index in [0.717, 1.165) is 0 Å². The molecule has 0 saturated carbocycles. The first kappa shape index (κ1) is 19.9. The fourth-order valence-electron chi connectivity index (χ4n) is 2.86. The van der Waals surface area contributed by atoms with Gasteiger partial charge in [0.25, 0.3) is 0 Å². The summed E-state index contributed by atoms with van der Waals surface area (Å²) in [6.45, 7) is 2.92. The highest BCUT2D eigenvalue weighted by atomic mass is 35.5. The molecule has 2 atom stereocenters. The minimum absolute atomic E-state index is 0.0135. The lowest BCUT2D eigenvalue weighted by Crippen LogP contribution is -2.41. The topological polar surface area (TPSA) is 96.0 Å². The first-order valence-electron chi connectivity index (χ1n) is 8.21. The predicted molar refractivity (Wildman–Crippen MR) is 90.5 cm³/mol. The van der Waals surface area contributed by atoms with Crippen LogP contribution in [0.2, 0.25) is 5.02 Å². The molecule has 140 valence electrons. The molecule has 26 heavy (non-hydrogen) atoms. The molecule has 0 amide bonds. The monoisotopic (exact) mass is 382 g/mol. The zero-order valence-electron chi connectivity index (χ0n) is 14.4. The molecule has 0 bridgehead atoms. The standard InChI is InChI=1S/C18H19ClO7/c1-3-24-17(22)14(18(23)25-4-2)13-11(9-26-16(13)21)15(20)10-7-5-6-8-12(10)19/h5-8,11,13-14H,3-4,9H2,1-2H3/t11-,13+/m0/s1. The van der Waals surface area contributed by atoms with Gasteiger partial charge < -0.3 is 14.2 Å². The van der Waals surface area contributed by atoms with Crippen molar-refractivity contribution in [3.63, 3.8) is 0 Å². The maximum Gasteiger partial charge on any atom is 0.321 e. The third-order valence-electron chi connectivity index (χ3n) is 4.03. The minimum atomic E-state index is -1.57. The summed E-state index contributed by atoms with van der Waals surface area (Å²) >= 11 is 6.06. The van der Waals surface area contributed by atoms with Crippen molar-refractivity contribution < 1.29 is 33.4 Å². The van der Waals surface area contributed by atoms with Crippen molar-refractivity contribution in [2.75, 3.05) is 19.8 Å². The summed E-state index contributed by atoms with van der Waals surface area (Å²) in [4.78, 5) is 49.7. The number of ether oxygens (including phenoxy) is 3. The summed E-state index contributed by atoms with van der Waals surface area (Å²) in [5.41, 5.74) is 0.189. The minimum Gasteiger partial charge on any atom is -0.465 e. The zero-order chi connectivity index (χ0) is 19.3. The Bertz CT molecular complexity index is 697. The molecule has 8 heteroatoms. The molecule has 1 fully saturated rings. The first-order valence-corrected chi connectivity index (χ1v) is 8.58. The number of carbonyl (C=O) groups excluding carboxylic acids is 4. The van der Waals surface area contributed by atoms with Gasteiger partial charge in [-0.1, -0.05) is 23.7 Å². The molecule has 0 aromatic heterocycles. The number of hydrogen-bond acceptors (Lipinski definition) is 7. The molecule has 1 saturated heterocycles. The van der Waals surface area contributed by atoms with Crippen molar-refractivity contribution in [2.45, 2.75) is 13.8 Å². The van der Waals surface area contributed by atoms with Crippen LogP contribution in [0, 0.1) is 17.8 Å². The Morgan fingerprint density at radius 1 is 1.15 bits per heavy atom. The van der Waals surface area contributed by atoms with Crippen LogP contribution in [0.4, 0.5) is 0 Å². The summed E-state index contributed by atoms with van der Waals surface area (Å²) in [5.74, 6) is -7.08. The number of carbonyl (C=O) groups is 4. The lowest BCUT2D eigenvalue weighted by Gasteiger charge is -2.21. The molecule has 0 unspecified atom stereocenters. The van der Waals surface area contributed by atoms with Gasteiger partial charge in [0.2, 0.25) is 0 Å². The number of halogens is 1. The van der Waals surface area contributed by atoms with E-state index < -0.39 is 41.4 Å². The molecule has 7 nitrogen and oxygen atoms in total. The van der Waals surface area contributed by atoms with Crippen molar-refractivity contribution in [1.29, 1.82) is 0 Å². The Hall–Kier alpha value is -2.41. The Kier molecular flexibility index (Phi) is 6.74.